The van der Waals surface area contributed by atoms with Crippen molar-refractivity contribution < 1.29 is 19.1 Å². The summed E-state index contributed by atoms with van der Waals surface area (Å²) in [4.78, 5) is 36.2. The first-order valence-electron chi connectivity index (χ1n) is 9.49. The smallest absolute Gasteiger partial charge is 0.310 e. The molecule has 29 heavy (non-hydrogen) atoms. The lowest BCUT2D eigenvalue weighted by molar-refractivity contribution is -0.148. The molecule has 0 unspecified atom stereocenters. The molecule has 0 aliphatic heterocycles. The third-order valence-corrected chi connectivity index (χ3v) is 4.69. The minimum atomic E-state index is -0.651. The van der Waals surface area contributed by atoms with Crippen LogP contribution in [0.2, 0.25) is 0 Å². The lowest BCUT2D eigenvalue weighted by atomic mass is 10.0. The highest BCUT2D eigenvalue weighted by atomic mass is 16.5. The SMILES string of the molecule is CC(=O)[C@H](Cc1ccccc1)NC(=O)COC(=O)Cc1cccc2ccccc12. The van der Waals surface area contributed by atoms with Gasteiger partial charge in [0.1, 0.15) is 0 Å². The van der Waals surface area contributed by atoms with Crippen LogP contribution in [-0.4, -0.2) is 30.3 Å². The number of esters is 1. The number of Topliss-reactive ketones (excluding diaryl/α,β-unsaturated/α-hetero) is 1. The van der Waals surface area contributed by atoms with E-state index in [2.05, 4.69) is 5.32 Å². The van der Waals surface area contributed by atoms with Crippen LogP contribution in [-0.2, 0) is 32.0 Å². The number of ketones is 1. The molecule has 0 radical (unpaired) electrons. The molecule has 0 bridgehead atoms. The van der Waals surface area contributed by atoms with Gasteiger partial charge >= 0.3 is 5.97 Å². The van der Waals surface area contributed by atoms with Gasteiger partial charge in [-0.25, -0.2) is 0 Å². The lowest BCUT2D eigenvalue weighted by Crippen LogP contribution is -2.43. The standard InChI is InChI=1S/C24H23NO4/c1-17(26)22(14-18-8-3-2-4-9-18)25-23(27)16-29-24(28)15-20-12-7-11-19-10-5-6-13-21(19)20/h2-13,22H,14-16H2,1H3,(H,25,27)/t22-/m0/s1. The molecule has 5 nitrogen and oxygen atoms in total. The van der Waals surface area contributed by atoms with E-state index in [1.807, 2.05) is 72.8 Å². The third-order valence-electron chi connectivity index (χ3n) is 4.69. The number of carbonyl (C=O) groups is 3. The second kappa shape index (κ2) is 9.64. The molecule has 1 N–H and O–H groups in total. The van der Waals surface area contributed by atoms with Crippen molar-refractivity contribution >= 4 is 28.4 Å². The van der Waals surface area contributed by atoms with Crippen LogP contribution >= 0.6 is 0 Å². The number of nitrogens with one attached hydrogen (secondary N) is 1. The summed E-state index contributed by atoms with van der Waals surface area (Å²) in [5, 5.41) is 4.67. The fourth-order valence-electron chi connectivity index (χ4n) is 3.18. The Labute approximate surface area is 169 Å². The molecule has 1 amide bonds. The first kappa shape index (κ1) is 20.3. The maximum atomic E-state index is 12.2. The summed E-state index contributed by atoms with van der Waals surface area (Å²) in [5.41, 5.74) is 1.79. The number of benzene rings is 3. The van der Waals surface area contributed by atoms with Crippen molar-refractivity contribution in [3.8, 4) is 0 Å². The Kier molecular flexibility index (Phi) is 6.74. The Bertz CT molecular complexity index is 1010. The predicted octanol–water partition coefficient (Wildman–Crippen LogP) is 3.24. The van der Waals surface area contributed by atoms with E-state index in [-0.39, 0.29) is 12.2 Å². The fourth-order valence-corrected chi connectivity index (χ4v) is 3.18. The van der Waals surface area contributed by atoms with Gasteiger partial charge in [0, 0.05) is 0 Å². The maximum Gasteiger partial charge on any atom is 0.310 e. The van der Waals surface area contributed by atoms with Crippen LogP contribution in [0.4, 0.5) is 0 Å². The normalized spacial score (nSPS) is 11.6. The van der Waals surface area contributed by atoms with E-state index in [1.54, 1.807) is 0 Å². The molecule has 0 saturated heterocycles. The monoisotopic (exact) mass is 389 g/mol. The molecule has 3 aromatic rings. The van der Waals surface area contributed by atoms with Gasteiger partial charge < -0.3 is 10.1 Å². The van der Waals surface area contributed by atoms with Crippen molar-refractivity contribution in [2.75, 3.05) is 6.61 Å². The van der Waals surface area contributed by atoms with Crippen LogP contribution < -0.4 is 5.32 Å². The molecule has 3 rings (SSSR count). The fraction of sp³-hybridized carbons (Fsp3) is 0.208. The first-order chi connectivity index (χ1) is 14.0. The molecular formula is C24H23NO4. The van der Waals surface area contributed by atoms with Crippen molar-refractivity contribution in [1.82, 2.24) is 5.32 Å². The summed E-state index contributed by atoms with van der Waals surface area (Å²) >= 11 is 0. The Morgan fingerprint density at radius 2 is 1.59 bits per heavy atom. The van der Waals surface area contributed by atoms with Crippen molar-refractivity contribution in [1.29, 1.82) is 0 Å². The highest BCUT2D eigenvalue weighted by Gasteiger charge is 2.18. The minimum Gasteiger partial charge on any atom is -0.455 e. The van der Waals surface area contributed by atoms with E-state index >= 15 is 0 Å². The Morgan fingerprint density at radius 1 is 0.897 bits per heavy atom. The van der Waals surface area contributed by atoms with Gasteiger partial charge in [0.05, 0.1) is 12.5 Å². The van der Waals surface area contributed by atoms with Crippen LogP contribution in [0.3, 0.4) is 0 Å². The average molecular weight is 389 g/mol. The average Bonchev–Trinajstić information content (AvgIpc) is 2.73. The molecule has 0 aromatic heterocycles. The quantitative estimate of drug-likeness (QED) is 0.601. The Hall–Kier alpha value is -3.47. The summed E-state index contributed by atoms with van der Waals surface area (Å²) in [5.74, 6) is -1.13. The molecule has 1 atom stereocenters. The van der Waals surface area contributed by atoms with E-state index in [9.17, 15) is 14.4 Å². The Balaban J connectivity index is 1.53. The highest BCUT2D eigenvalue weighted by Crippen LogP contribution is 2.19. The Morgan fingerprint density at radius 3 is 2.34 bits per heavy atom. The van der Waals surface area contributed by atoms with Crippen LogP contribution in [0, 0.1) is 0 Å². The highest BCUT2D eigenvalue weighted by molar-refractivity contribution is 5.91. The van der Waals surface area contributed by atoms with Gasteiger partial charge in [-0.2, -0.15) is 0 Å². The second-order valence-electron chi connectivity index (χ2n) is 6.90. The number of amides is 1. The van der Waals surface area contributed by atoms with Gasteiger partial charge in [-0.15, -0.1) is 0 Å². The zero-order valence-corrected chi connectivity index (χ0v) is 16.3. The van der Waals surface area contributed by atoms with Crippen molar-refractivity contribution in [2.45, 2.75) is 25.8 Å². The van der Waals surface area contributed by atoms with Gasteiger partial charge in [-0.3, -0.25) is 14.4 Å². The number of fused-ring (bicyclic) bond motifs is 1. The first-order valence-corrected chi connectivity index (χ1v) is 9.49. The van der Waals surface area contributed by atoms with Crippen molar-refractivity contribution in [3.63, 3.8) is 0 Å². The molecule has 0 saturated carbocycles. The predicted molar refractivity (Wildman–Crippen MR) is 111 cm³/mol. The van der Waals surface area contributed by atoms with E-state index in [4.69, 9.17) is 4.74 Å². The van der Waals surface area contributed by atoms with Crippen LogP contribution in [0.5, 0.6) is 0 Å². The molecule has 0 spiro atoms. The zero-order valence-electron chi connectivity index (χ0n) is 16.3. The molecule has 3 aromatic carbocycles. The number of rotatable bonds is 8. The van der Waals surface area contributed by atoms with Crippen molar-refractivity contribution in [3.05, 3.63) is 83.9 Å². The van der Waals surface area contributed by atoms with E-state index < -0.39 is 24.5 Å². The van der Waals surface area contributed by atoms with E-state index in [0.29, 0.717) is 6.42 Å². The number of hydrogen-bond donors (Lipinski definition) is 1. The van der Waals surface area contributed by atoms with E-state index in [1.165, 1.54) is 6.92 Å². The third kappa shape index (κ3) is 5.75. The minimum absolute atomic E-state index is 0.0782. The topological polar surface area (TPSA) is 72.5 Å². The zero-order chi connectivity index (χ0) is 20.6. The summed E-state index contributed by atoms with van der Waals surface area (Å²) in [6.07, 6.45) is 0.473. The van der Waals surface area contributed by atoms with Gasteiger partial charge in [0.25, 0.3) is 5.91 Å². The molecule has 0 heterocycles. The van der Waals surface area contributed by atoms with Crippen LogP contribution in [0.15, 0.2) is 72.8 Å². The summed E-state index contributed by atoms with van der Waals surface area (Å²) in [7, 11) is 0. The van der Waals surface area contributed by atoms with Gasteiger partial charge in [-0.1, -0.05) is 72.8 Å². The van der Waals surface area contributed by atoms with Crippen molar-refractivity contribution in [2.24, 2.45) is 0 Å². The van der Waals surface area contributed by atoms with E-state index in [0.717, 1.165) is 21.9 Å². The van der Waals surface area contributed by atoms with Gasteiger partial charge in [0.2, 0.25) is 0 Å². The molecule has 0 fully saturated rings. The number of ether oxygens (including phenoxy) is 1. The summed E-state index contributed by atoms with van der Waals surface area (Å²) < 4.78 is 5.13. The molecule has 0 aliphatic rings. The molecule has 148 valence electrons. The second-order valence-corrected chi connectivity index (χ2v) is 6.90. The molecule has 5 heteroatoms. The lowest BCUT2D eigenvalue weighted by Gasteiger charge is -2.16. The van der Waals surface area contributed by atoms with Gasteiger partial charge in [-0.05, 0) is 35.2 Å². The maximum absolute atomic E-state index is 12.2. The summed E-state index contributed by atoms with van der Waals surface area (Å²) in [6, 6.07) is 22.3. The number of hydrogen-bond acceptors (Lipinski definition) is 4. The molecule has 0 aliphatic carbocycles. The number of carbonyl (C=O) groups excluding carboxylic acids is 3. The molecular weight excluding hydrogens is 366 g/mol. The largest absolute Gasteiger partial charge is 0.455 e. The van der Waals surface area contributed by atoms with Crippen LogP contribution in [0.25, 0.3) is 10.8 Å². The van der Waals surface area contributed by atoms with Gasteiger partial charge in [0.15, 0.2) is 12.4 Å². The van der Waals surface area contributed by atoms with Crippen LogP contribution in [0.1, 0.15) is 18.1 Å². The summed E-state index contributed by atoms with van der Waals surface area (Å²) in [6.45, 7) is 1.02.